The van der Waals surface area contributed by atoms with Crippen LogP contribution in [0.1, 0.15) is 53.4 Å². The minimum Gasteiger partial charge on any atom is -0.491 e. The molecule has 33 heavy (non-hydrogen) atoms. The van der Waals surface area contributed by atoms with Gasteiger partial charge in [-0.15, -0.1) is 0 Å². The molecule has 0 aliphatic rings. The van der Waals surface area contributed by atoms with E-state index < -0.39 is 23.2 Å². The Balaban J connectivity index is 5.12. The minimum atomic E-state index is -1.22. The fourth-order valence-electron chi connectivity index (χ4n) is 2.58. The Morgan fingerprint density at radius 2 is 1.39 bits per heavy atom. The highest BCUT2D eigenvalue weighted by Gasteiger charge is 2.16. The van der Waals surface area contributed by atoms with Gasteiger partial charge in [-0.1, -0.05) is 92.2 Å². The van der Waals surface area contributed by atoms with Crippen molar-refractivity contribution < 1.29 is 17.9 Å². The Kier molecular flexibility index (Phi) is 13.9. The highest BCUT2D eigenvalue weighted by atomic mass is 19.2. The van der Waals surface area contributed by atoms with E-state index in [1.807, 2.05) is 13.8 Å². The summed E-state index contributed by atoms with van der Waals surface area (Å²) in [7, 11) is 0. The second-order valence-electron chi connectivity index (χ2n) is 8.30. The van der Waals surface area contributed by atoms with E-state index in [4.69, 9.17) is 4.74 Å². The Morgan fingerprint density at radius 3 is 1.94 bits per heavy atom. The molecule has 0 radical (unpaired) electrons. The second kappa shape index (κ2) is 15.2. The summed E-state index contributed by atoms with van der Waals surface area (Å²) in [5, 5.41) is 0. The fraction of sp³-hybridized carbons (Fsp3) is 0.379. The lowest BCUT2D eigenvalue weighted by molar-refractivity contribution is 0.208. The SMILES string of the molecule is C=C(/C=C\C(=C)C(=C)/C(F)=C(/F)C(=C)OCCC)C(=C)/C=C(/F)C(=C)C(C)CCC(C)CC. The zero-order chi connectivity index (χ0) is 25.7. The zero-order valence-electron chi connectivity index (χ0n) is 20.7. The molecule has 0 N–H and O–H groups in total. The van der Waals surface area contributed by atoms with Crippen LogP contribution in [0.25, 0.3) is 0 Å². The summed E-state index contributed by atoms with van der Waals surface area (Å²) in [6.45, 7) is 30.5. The van der Waals surface area contributed by atoms with Crippen molar-refractivity contribution in [3.8, 4) is 0 Å². The molecule has 1 nitrogen and oxygen atoms in total. The van der Waals surface area contributed by atoms with Crippen molar-refractivity contribution in [1.29, 1.82) is 0 Å². The van der Waals surface area contributed by atoms with Crippen molar-refractivity contribution in [3.05, 3.63) is 109 Å². The predicted molar refractivity (Wildman–Crippen MR) is 137 cm³/mol. The van der Waals surface area contributed by atoms with E-state index in [-0.39, 0.29) is 23.7 Å². The van der Waals surface area contributed by atoms with Crippen LogP contribution in [0, 0.1) is 11.8 Å². The van der Waals surface area contributed by atoms with Crippen molar-refractivity contribution in [2.45, 2.75) is 53.4 Å². The van der Waals surface area contributed by atoms with Crippen molar-refractivity contribution in [3.63, 3.8) is 0 Å². The Hall–Kier alpha value is -2.75. The quantitative estimate of drug-likeness (QED) is 0.164. The third kappa shape index (κ3) is 10.6. The second-order valence-corrected chi connectivity index (χ2v) is 8.30. The molecule has 0 aliphatic carbocycles. The van der Waals surface area contributed by atoms with Gasteiger partial charge in [0.25, 0.3) is 0 Å². The van der Waals surface area contributed by atoms with Crippen LogP contribution in [-0.2, 0) is 4.74 Å². The third-order valence-corrected chi connectivity index (χ3v) is 5.46. The molecular weight excluding hydrogens is 421 g/mol. The largest absolute Gasteiger partial charge is 0.491 e. The van der Waals surface area contributed by atoms with Crippen molar-refractivity contribution in [2.75, 3.05) is 6.61 Å². The topological polar surface area (TPSA) is 9.23 Å². The highest BCUT2D eigenvalue weighted by molar-refractivity contribution is 5.52. The molecule has 0 spiro atoms. The number of halogens is 3. The maximum atomic E-state index is 14.6. The molecule has 0 fully saturated rings. The summed E-state index contributed by atoms with van der Waals surface area (Å²) in [5.41, 5.74) is 1.00. The highest BCUT2D eigenvalue weighted by Crippen LogP contribution is 2.29. The van der Waals surface area contributed by atoms with Crippen LogP contribution in [0.2, 0.25) is 0 Å². The van der Waals surface area contributed by atoms with Crippen LogP contribution in [0.4, 0.5) is 13.2 Å². The normalized spacial score (nSPS) is 14.3. The number of hydrogen-bond donors (Lipinski definition) is 0. The molecule has 2 unspecified atom stereocenters. The summed E-state index contributed by atoms with van der Waals surface area (Å²) < 4.78 is 48.1. The smallest absolute Gasteiger partial charge is 0.200 e. The molecule has 0 amide bonds. The molecule has 0 aromatic carbocycles. The van der Waals surface area contributed by atoms with E-state index in [9.17, 15) is 13.2 Å². The first-order chi connectivity index (χ1) is 15.4. The molecule has 0 saturated carbocycles. The maximum absolute atomic E-state index is 14.6. The van der Waals surface area contributed by atoms with E-state index in [0.717, 1.165) is 19.3 Å². The lowest BCUT2D eigenvalue weighted by Gasteiger charge is -2.16. The van der Waals surface area contributed by atoms with Crippen molar-refractivity contribution >= 4 is 0 Å². The summed E-state index contributed by atoms with van der Waals surface area (Å²) in [6, 6.07) is 0. The lowest BCUT2D eigenvalue weighted by atomic mass is 9.91. The van der Waals surface area contributed by atoms with Crippen LogP contribution in [-0.4, -0.2) is 6.61 Å². The molecule has 0 aromatic heterocycles. The van der Waals surface area contributed by atoms with Crippen LogP contribution >= 0.6 is 0 Å². The van der Waals surface area contributed by atoms with Gasteiger partial charge in [0.05, 0.1) is 6.61 Å². The molecule has 0 rings (SSSR count). The molecule has 0 saturated heterocycles. The molecule has 182 valence electrons. The Morgan fingerprint density at radius 1 is 0.818 bits per heavy atom. The number of hydrogen-bond acceptors (Lipinski definition) is 1. The first kappa shape index (κ1) is 30.2. The summed E-state index contributed by atoms with van der Waals surface area (Å²) in [5.74, 6) is -2.68. The lowest BCUT2D eigenvalue weighted by Crippen LogP contribution is -2.03. The van der Waals surface area contributed by atoms with E-state index in [1.54, 1.807) is 0 Å². The monoisotopic (exact) mass is 460 g/mol. The molecule has 2 atom stereocenters. The van der Waals surface area contributed by atoms with Crippen LogP contribution in [0.15, 0.2) is 109 Å². The van der Waals surface area contributed by atoms with Crippen LogP contribution in [0.5, 0.6) is 0 Å². The van der Waals surface area contributed by atoms with E-state index in [0.29, 0.717) is 29.1 Å². The van der Waals surface area contributed by atoms with Crippen LogP contribution < -0.4 is 0 Å². The van der Waals surface area contributed by atoms with Crippen molar-refractivity contribution in [2.24, 2.45) is 11.8 Å². The van der Waals surface area contributed by atoms with Gasteiger partial charge >= 0.3 is 0 Å². The first-order valence-electron chi connectivity index (χ1n) is 11.3. The van der Waals surface area contributed by atoms with Gasteiger partial charge in [-0.05, 0) is 53.0 Å². The molecule has 0 bridgehead atoms. The molecular formula is C29H39F3O. The Labute approximate surface area is 198 Å². The van der Waals surface area contributed by atoms with Gasteiger partial charge in [-0.25, -0.2) is 8.78 Å². The average molecular weight is 461 g/mol. The number of allylic oxidation sites excluding steroid dienone is 11. The first-order valence-corrected chi connectivity index (χ1v) is 11.3. The van der Waals surface area contributed by atoms with Gasteiger partial charge in [0.2, 0.25) is 5.83 Å². The molecule has 4 heteroatoms. The number of ether oxygens (including phenoxy) is 1. The molecule has 0 heterocycles. The van der Waals surface area contributed by atoms with Gasteiger partial charge in [0, 0.05) is 5.57 Å². The number of rotatable bonds is 16. The molecule has 0 aromatic rings. The summed E-state index contributed by atoms with van der Waals surface area (Å²) >= 11 is 0. The summed E-state index contributed by atoms with van der Waals surface area (Å²) in [4.78, 5) is 0. The van der Waals surface area contributed by atoms with Gasteiger partial charge in [0.1, 0.15) is 5.83 Å². The van der Waals surface area contributed by atoms with E-state index in [2.05, 4.69) is 53.3 Å². The van der Waals surface area contributed by atoms with Crippen molar-refractivity contribution in [1.82, 2.24) is 0 Å². The fourth-order valence-corrected chi connectivity index (χ4v) is 2.58. The predicted octanol–water partition coefficient (Wildman–Crippen LogP) is 9.73. The maximum Gasteiger partial charge on any atom is 0.200 e. The zero-order valence-corrected chi connectivity index (χ0v) is 20.7. The summed E-state index contributed by atoms with van der Waals surface area (Å²) in [6.07, 6.45) is 7.77. The Bertz CT molecular complexity index is 867. The molecule has 0 aliphatic heterocycles. The van der Waals surface area contributed by atoms with Gasteiger partial charge < -0.3 is 4.74 Å². The standard InChI is InChI=1S/C29H39F3O/c1-11-17-33-26(10)29(32)28(31)25(9)22(6)16-15-20(4)23(7)18-27(30)24(8)21(5)14-13-19(3)12-2/h15-16,18-19,21H,4,6-14,17H2,1-3,5H3/b16-15-,27-18+,29-28-. The third-order valence-electron chi connectivity index (χ3n) is 5.46. The minimum absolute atomic E-state index is 0.00988. The van der Waals surface area contributed by atoms with E-state index >= 15 is 0 Å². The van der Waals surface area contributed by atoms with Gasteiger partial charge in [-0.3, -0.25) is 0 Å². The van der Waals surface area contributed by atoms with E-state index in [1.165, 1.54) is 18.2 Å². The van der Waals surface area contributed by atoms with Gasteiger partial charge in [-0.2, -0.15) is 4.39 Å². The van der Waals surface area contributed by atoms with Crippen LogP contribution in [0.3, 0.4) is 0 Å². The van der Waals surface area contributed by atoms with Gasteiger partial charge in [0.15, 0.2) is 11.6 Å². The average Bonchev–Trinajstić information content (AvgIpc) is 2.81.